The number of amides is 1. The molecule has 1 aromatic heterocycles. The van der Waals surface area contributed by atoms with Crippen LogP contribution in [0, 0.1) is 11.2 Å². The summed E-state index contributed by atoms with van der Waals surface area (Å²) in [5.41, 5.74) is -0.468. The lowest BCUT2D eigenvalue weighted by atomic mass is 9.92. The van der Waals surface area contributed by atoms with Crippen molar-refractivity contribution in [3.8, 4) is 0 Å². The average Bonchev–Trinajstić information content (AvgIpc) is 2.47. The van der Waals surface area contributed by atoms with E-state index in [1.54, 1.807) is 0 Å². The van der Waals surface area contributed by atoms with Crippen molar-refractivity contribution in [1.29, 1.82) is 0 Å². The van der Waals surface area contributed by atoms with Crippen molar-refractivity contribution in [3.63, 3.8) is 0 Å². The highest BCUT2D eigenvalue weighted by molar-refractivity contribution is 6.28. The lowest BCUT2D eigenvalue weighted by Gasteiger charge is -2.18. The highest BCUT2D eigenvalue weighted by atomic mass is 35.5. The van der Waals surface area contributed by atoms with Crippen molar-refractivity contribution in [2.24, 2.45) is 5.41 Å². The maximum absolute atomic E-state index is 13.5. The van der Waals surface area contributed by atoms with Crippen LogP contribution in [0.25, 0.3) is 0 Å². The van der Waals surface area contributed by atoms with Crippen LogP contribution in [0.4, 0.5) is 10.2 Å². The summed E-state index contributed by atoms with van der Waals surface area (Å²) in [5.74, 6) is -0.799. The first-order valence-corrected chi connectivity index (χ1v) is 5.29. The van der Waals surface area contributed by atoms with Crippen molar-refractivity contribution in [2.75, 3.05) is 11.4 Å². The zero-order chi connectivity index (χ0) is 11.9. The van der Waals surface area contributed by atoms with E-state index in [0.717, 1.165) is 6.20 Å². The number of aromatic nitrogens is 2. The van der Waals surface area contributed by atoms with Crippen LogP contribution >= 0.6 is 11.6 Å². The molecule has 16 heavy (non-hydrogen) atoms. The van der Waals surface area contributed by atoms with E-state index in [1.807, 2.05) is 13.8 Å². The van der Waals surface area contributed by atoms with Gasteiger partial charge in [-0.3, -0.25) is 9.69 Å². The average molecular weight is 244 g/mol. The van der Waals surface area contributed by atoms with E-state index >= 15 is 0 Å². The number of rotatable bonds is 1. The number of anilines is 1. The lowest BCUT2D eigenvalue weighted by molar-refractivity contribution is -0.124. The van der Waals surface area contributed by atoms with Gasteiger partial charge in [0.2, 0.25) is 11.2 Å². The summed E-state index contributed by atoms with van der Waals surface area (Å²) in [6.07, 6.45) is 1.65. The van der Waals surface area contributed by atoms with Gasteiger partial charge in [0.15, 0.2) is 11.6 Å². The maximum atomic E-state index is 13.5. The van der Waals surface area contributed by atoms with E-state index in [1.165, 1.54) is 4.90 Å². The molecule has 6 heteroatoms. The molecular formula is C10H11ClFN3O. The van der Waals surface area contributed by atoms with Crippen molar-refractivity contribution in [1.82, 2.24) is 9.97 Å². The van der Waals surface area contributed by atoms with Crippen LogP contribution in [0.2, 0.25) is 5.28 Å². The first kappa shape index (κ1) is 11.3. The van der Waals surface area contributed by atoms with Gasteiger partial charge < -0.3 is 0 Å². The van der Waals surface area contributed by atoms with Gasteiger partial charge in [0, 0.05) is 12.0 Å². The number of nitrogens with zero attached hydrogens (tertiary/aromatic N) is 3. The largest absolute Gasteiger partial charge is 0.294 e. The van der Waals surface area contributed by atoms with E-state index in [9.17, 15) is 9.18 Å². The Hall–Kier alpha value is -1.23. The molecule has 4 nitrogen and oxygen atoms in total. The molecule has 0 aliphatic carbocycles. The van der Waals surface area contributed by atoms with Gasteiger partial charge >= 0.3 is 0 Å². The first-order valence-electron chi connectivity index (χ1n) is 4.92. The van der Waals surface area contributed by atoms with Gasteiger partial charge in [-0.25, -0.2) is 9.37 Å². The SMILES string of the molecule is CC1(C)CCN(c2nc(Cl)ncc2F)C1=O. The first-order chi connectivity index (χ1) is 7.42. The summed E-state index contributed by atoms with van der Waals surface area (Å²) in [5, 5.41) is -0.0612. The van der Waals surface area contributed by atoms with Crippen molar-refractivity contribution < 1.29 is 9.18 Å². The second-order valence-corrected chi connectivity index (χ2v) is 4.74. The molecule has 0 atom stereocenters. The summed E-state index contributed by atoms with van der Waals surface area (Å²) >= 11 is 5.59. The minimum atomic E-state index is -0.629. The third kappa shape index (κ3) is 1.75. The smallest absolute Gasteiger partial charge is 0.233 e. The fraction of sp³-hybridized carbons (Fsp3) is 0.500. The summed E-state index contributed by atoms with van der Waals surface area (Å²) in [4.78, 5) is 20.5. The number of hydrogen-bond donors (Lipinski definition) is 0. The zero-order valence-corrected chi connectivity index (χ0v) is 9.75. The van der Waals surface area contributed by atoms with Crippen LogP contribution in [0.3, 0.4) is 0 Å². The van der Waals surface area contributed by atoms with Gasteiger partial charge in [0.25, 0.3) is 0 Å². The molecule has 1 aliphatic heterocycles. The van der Waals surface area contributed by atoms with Crippen molar-refractivity contribution >= 4 is 23.3 Å². The highest BCUT2D eigenvalue weighted by Crippen LogP contribution is 2.34. The molecule has 2 heterocycles. The maximum Gasteiger partial charge on any atom is 0.233 e. The van der Waals surface area contributed by atoms with Gasteiger partial charge in [-0.15, -0.1) is 0 Å². The predicted octanol–water partition coefficient (Wildman–Crippen LogP) is 2.03. The van der Waals surface area contributed by atoms with E-state index in [4.69, 9.17) is 11.6 Å². The Morgan fingerprint density at radius 2 is 2.25 bits per heavy atom. The van der Waals surface area contributed by atoms with E-state index < -0.39 is 11.2 Å². The van der Waals surface area contributed by atoms with Gasteiger partial charge in [0.05, 0.1) is 6.20 Å². The Morgan fingerprint density at radius 3 is 2.81 bits per heavy atom. The van der Waals surface area contributed by atoms with Gasteiger partial charge in [-0.1, -0.05) is 13.8 Å². The molecule has 1 amide bonds. The summed E-state index contributed by atoms with van der Waals surface area (Å²) in [6.45, 7) is 4.11. The fourth-order valence-corrected chi connectivity index (χ4v) is 1.82. The standard InChI is InChI=1S/C10H11ClFN3O/c1-10(2)3-4-15(8(10)16)7-6(12)5-13-9(11)14-7/h5H,3-4H2,1-2H3. The van der Waals surface area contributed by atoms with E-state index in [-0.39, 0.29) is 17.0 Å². The third-order valence-corrected chi connectivity index (χ3v) is 2.92. The van der Waals surface area contributed by atoms with Crippen LogP contribution in [-0.4, -0.2) is 22.4 Å². The van der Waals surface area contributed by atoms with Gasteiger partial charge in [0.1, 0.15) is 0 Å². The number of carbonyl (C=O) groups excluding carboxylic acids is 1. The normalized spacial score (nSPS) is 19.2. The molecule has 1 aromatic rings. The summed E-state index contributed by atoms with van der Waals surface area (Å²) in [6, 6.07) is 0. The highest BCUT2D eigenvalue weighted by Gasteiger charge is 2.40. The van der Waals surface area contributed by atoms with Crippen molar-refractivity contribution in [3.05, 3.63) is 17.3 Å². The number of carbonyl (C=O) groups is 1. The minimum absolute atomic E-state index is 0.0319. The minimum Gasteiger partial charge on any atom is -0.294 e. The molecule has 0 aromatic carbocycles. The lowest BCUT2D eigenvalue weighted by Crippen LogP contribution is -2.32. The molecule has 86 valence electrons. The molecule has 0 unspecified atom stereocenters. The van der Waals surface area contributed by atoms with Crippen LogP contribution in [0.5, 0.6) is 0 Å². The molecule has 0 saturated carbocycles. The summed E-state index contributed by atoms with van der Waals surface area (Å²) < 4.78 is 13.5. The number of halogens is 2. The van der Waals surface area contributed by atoms with Gasteiger partial charge in [-0.05, 0) is 18.0 Å². The Balaban J connectivity index is 2.39. The molecule has 1 fully saturated rings. The molecule has 2 rings (SSSR count). The predicted molar refractivity (Wildman–Crippen MR) is 57.8 cm³/mol. The second-order valence-electron chi connectivity index (χ2n) is 4.40. The Kier molecular flexibility index (Phi) is 2.58. The molecule has 0 bridgehead atoms. The molecule has 0 N–H and O–H groups in total. The third-order valence-electron chi connectivity index (χ3n) is 2.74. The van der Waals surface area contributed by atoms with Crippen LogP contribution < -0.4 is 4.90 Å². The quantitative estimate of drug-likeness (QED) is 0.709. The van der Waals surface area contributed by atoms with Crippen LogP contribution in [0.15, 0.2) is 6.20 Å². The Labute approximate surface area is 97.4 Å². The molecule has 0 spiro atoms. The Bertz CT molecular complexity index is 450. The van der Waals surface area contributed by atoms with Crippen LogP contribution in [-0.2, 0) is 4.79 Å². The fourth-order valence-electron chi connectivity index (χ4n) is 1.69. The summed E-state index contributed by atoms with van der Waals surface area (Å²) in [7, 11) is 0. The second kappa shape index (κ2) is 3.66. The molecule has 0 radical (unpaired) electrons. The van der Waals surface area contributed by atoms with E-state index in [0.29, 0.717) is 13.0 Å². The number of hydrogen-bond acceptors (Lipinski definition) is 3. The van der Waals surface area contributed by atoms with Gasteiger partial charge in [-0.2, -0.15) is 4.98 Å². The molecular weight excluding hydrogens is 233 g/mol. The van der Waals surface area contributed by atoms with E-state index in [2.05, 4.69) is 9.97 Å². The Morgan fingerprint density at radius 1 is 1.56 bits per heavy atom. The molecule has 1 aliphatic rings. The van der Waals surface area contributed by atoms with Crippen LogP contribution in [0.1, 0.15) is 20.3 Å². The van der Waals surface area contributed by atoms with Crippen molar-refractivity contribution in [2.45, 2.75) is 20.3 Å². The molecule has 1 saturated heterocycles. The zero-order valence-electron chi connectivity index (χ0n) is 9.00. The monoisotopic (exact) mass is 243 g/mol. The topological polar surface area (TPSA) is 46.1 Å².